The minimum atomic E-state index is -0.193. The summed E-state index contributed by atoms with van der Waals surface area (Å²) in [6.07, 6.45) is 0.900. The fourth-order valence-electron chi connectivity index (χ4n) is 1.67. The lowest BCUT2D eigenvalue weighted by Gasteiger charge is -2.18. The number of rotatable bonds is 0. The van der Waals surface area contributed by atoms with E-state index in [1.54, 1.807) is 4.90 Å². The van der Waals surface area contributed by atoms with E-state index in [-0.39, 0.29) is 6.09 Å². The summed E-state index contributed by atoms with van der Waals surface area (Å²) >= 11 is 0. The van der Waals surface area contributed by atoms with E-state index in [1.807, 2.05) is 0 Å². The third-order valence-electron chi connectivity index (χ3n) is 2.19. The molecular formula is C8H15NO2. The van der Waals surface area contributed by atoms with Crippen molar-refractivity contribution in [1.29, 1.82) is 0 Å². The number of carbonyl (C=O) groups is 1. The molecule has 3 nitrogen and oxygen atoms in total. The summed E-state index contributed by atoms with van der Waals surface area (Å²) in [4.78, 5) is 12.9. The lowest BCUT2D eigenvalue weighted by atomic mass is 10.1. The van der Waals surface area contributed by atoms with Gasteiger partial charge in [-0.25, -0.2) is 4.79 Å². The second kappa shape index (κ2) is 3.11. The Labute approximate surface area is 67.3 Å². The van der Waals surface area contributed by atoms with Gasteiger partial charge in [0.25, 0.3) is 0 Å². The third kappa shape index (κ3) is 1.64. The molecule has 1 aliphatic heterocycles. The van der Waals surface area contributed by atoms with Crippen molar-refractivity contribution < 1.29 is 9.53 Å². The predicted octanol–water partition coefficient (Wildman–Crippen LogP) is 1.48. The van der Waals surface area contributed by atoms with Crippen LogP contribution in [0.25, 0.3) is 0 Å². The highest BCUT2D eigenvalue weighted by Crippen LogP contribution is 2.22. The van der Waals surface area contributed by atoms with E-state index in [0.29, 0.717) is 12.0 Å². The lowest BCUT2D eigenvalue weighted by Crippen LogP contribution is -2.33. The highest BCUT2D eigenvalue weighted by molar-refractivity contribution is 5.68. The minimum absolute atomic E-state index is 0.193. The zero-order valence-corrected chi connectivity index (χ0v) is 7.33. The van der Waals surface area contributed by atoms with E-state index < -0.39 is 0 Å². The van der Waals surface area contributed by atoms with Crippen molar-refractivity contribution in [1.82, 2.24) is 4.90 Å². The fourth-order valence-corrected chi connectivity index (χ4v) is 1.67. The van der Waals surface area contributed by atoms with Crippen LogP contribution in [0.15, 0.2) is 0 Å². The first-order valence-electron chi connectivity index (χ1n) is 3.99. The number of likely N-dealkylation sites (tertiary alicyclic amines) is 1. The molecule has 64 valence electrons. The maximum Gasteiger partial charge on any atom is 0.409 e. The second-order valence-corrected chi connectivity index (χ2v) is 3.31. The molecule has 1 heterocycles. The Morgan fingerprint density at radius 3 is 2.55 bits per heavy atom. The minimum Gasteiger partial charge on any atom is -0.453 e. The molecule has 0 unspecified atom stereocenters. The molecule has 0 aromatic rings. The summed E-state index contributed by atoms with van der Waals surface area (Å²) in [5.41, 5.74) is 0. The van der Waals surface area contributed by atoms with Gasteiger partial charge in [-0.3, -0.25) is 0 Å². The van der Waals surface area contributed by atoms with Gasteiger partial charge < -0.3 is 9.64 Å². The van der Waals surface area contributed by atoms with Crippen molar-refractivity contribution in [3.05, 3.63) is 0 Å². The normalized spacial score (nSPS) is 30.6. The van der Waals surface area contributed by atoms with Crippen LogP contribution in [-0.4, -0.2) is 30.7 Å². The van der Waals surface area contributed by atoms with Crippen LogP contribution < -0.4 is 0 Å². The summed E-state index contributed by atoms with van der Waals surface area (Å²) in [5, 5.41) is 0. The number of amides is 1. The van der Waals surface area contributed by atoms with Crippen molar-refractivity contribution in [2.24, 2.45) is 5.92 Å². The average Bonchev–Trinajstić information content (AvgIpc) is 2.28. The maximum atomic E-state index is 11.1. The molecule has 1 rings (SSSR count). The Morgan fingerprint density at radius 2 is 2.18 bits per heavy atom. The molecule has 11 heavy (non-hydrogen) atoms. The SMILES string of the molecule is COC(=O)N1C[C@@H](C)C[C@H]1C. The molecule has 0 aromatic carbocycles. The number of nitrogens with zero attached hydrogens (tertiary/aromatic N) is 1. The van der Waals surface area contributed by atoms with E-state index in [1.165, 1.54) is 7.11 Å². The number of hydrogen-bond donors (Lipinski definition) is 0. The van der Waals surface area contributed by atoms with E-state index in [2.05, 4.69) is 18.6 Å². The van der Waals surface area contributed by atoms with Crippen LogP contribution in [0.1, 0.15) is 20.3 Å². The Kier molecular flexibility index (Phi) is 2.37. The maximum absolute atomic E-state index is 11.1. The largest absolute Gasteiger partial charge is 0.453 e. The number of hydrogen-bond acceptors (Lipinski definition) is 2. The van der Waals surface area contributed by atoms with Crippen LogP contribution in [0, 0.1) is 5.92 Å². The van der Waals surface area contributed by atoms with Crippen LogP contribution in [-0.2, 0) is 4.74 Å². The van der Waals surface area contributed by atoms with Gasteiger partial charge >= 0.3 is 6.09 Å². The standard InChI is InChI=1S/C8H15NO2/c1-6-4-7(2)9(5-6)8(10)11-3/h6-7H,4-5H2,1-3H3/t6-,7+/m0/s1. The van der Waals surface area contributed by atoms with Gasteiger partial charge in [0.1, 0.15) is 0 Å². The monoisotopic (exact) mass is 157 g/mol. The first-order chi connectivity index (χ1) is 5.15. The van der Waals surface area contributed by atoms with Gasteiger partial charge in [-0.1, -0.05) is 6.92 Å². The summed E-state index contributed by atoms with van der Waals surface area (Å²) in [6.45, 7) is 5.05. The molecule has 2 atom stereocenters. The molecule has 0 spiro atoms. The van der Waals surface area contributed by atoms with Crippen molar-refractivity contribution in [2.75, 3.05) is 13.7 Å². The highest BCUT2D eigenvalue weighted by Gasteiger charge is 2.30. The summed E-state index contributed by atoms with van der Waals surface area (Å²) in [5.74, 6) is 0.615. The molecule has 0 N–H and O–H groups in total. The molecular weight excluding hydrogens is 142 g/mol. The van der Waals surface area contributed by atoms with Crippen molar-refractivity contribution in [3.63, 3.8) is 0 Å². The van der Waals surface area contributed by atoms with Gasteiger partial charge in [-0.2, -0.15) is 0 Å². The summed E-state index contributed by atoms with van der Waals surface area (Å²) < 4.78 is 4.64. The molecule has 3 heteroatoms. The summed E-state index contributed by atoms with van der Waals surface area (Å²) in [7, 11) is 1.43. The molecule has 0 bridgehead atoms. The van der Waals surface area contributed by atoms with Crippen molar-refractivity contribution >= 4 is 6.09 Å². The van der Waals surface area contributed by atoms with Gasteiger partial charge in [0, 0.05) is 12.6 Å². The van der Waals surface area contributed by atoms with Crippen molar-refractivity contribution in [3.8, 4) is 0 Å². The van der Waals surface area contributed by atoms with E-state index >= 15 is 0 Å². The molecule has 1 amide bonds. The Morgan fingerprint density at radius 1 is 1.55 bits per heavy atom. The number of ether oxygens (including phenoxy) is 1. The molecule has 0 aliphatic carbocycles. The molecule has 1 aliphatic rings. The molecule has 0 radical (unpaired) electrons. The smallest absolute Gasteiger partial charge is 0.409 e. The van der Waals surface area contributed by atoms with Crippen LogP contribution in [0.2, 0.25) is 0 Å². The zero-order chi connectivity index (χ0) is 8.43. The van der Waals surface area contributed by atoms with Gasteiger partial charge in [0.15, 0.2) is 0 Å². The van der Waals surface area contributed by atoms with Crippen LogP contribution in [0.5, 0.6) is 0 Å². The zero-order valence-electron chi connectivity index (χ0n) is 7.33. The average molecular weight is 157 g/mol. The number of methoxy groups -OCH3 is 1. The topological polar surface area (TPSA) is 29.5 Å². The summed E-state index contributed by atoms with van der Waals surface area (Å²) in [6, 6.07) is 0.345. The van der Waals surface area contributed by atoms with E-state index in [4.69, 9.17) is 0 Å². The second-order valence-electron chi connectivity index (χ2n) is 3.31. The first kappa shape index (κ1) is 8.37. The van der Waals surface area contributed by atoms with Gasteiger partial charge in [-0.05, 0) is 19.3 Å². The molecule has 1 fully saturated rings. The Balaban J connectivity index is 2.52. The number of carbonyl (C=O) groups excluding carboxylic acids is 1. The van der Waals surface area contributed by atoms with Crippen LogP contribution >= 0.6 is 0 Å². The molecule has 0 saturated carbocycles. The van der Waals surface area contributed by atoms with E-state index in [9.17, 15) is 4.79 Å². The van der Waals surface area contributed by atoms with Gasteiger partial charge in [0.05, 0.1) is 7.11 Å². The fraction of sp³-hybridized carbons (Fsp3) is 0.875. The van der Waals surface area contributed by atoms with Gasteiger partial charge in [-0.15, -0.1) is 0 Å². The highest BCUT2D eigenvalue weighted by atomic mass is 16.5. The van der Waals surface area contributed by atoms with Gasteiger partial charge in [0.2, 0.25) is 0 Å². The quantitative estimate of drug-likeness (QED) is 0.533. The van der Waals surface area contributed by atoms with Crippen LogP contribution in [0.4, 0.5) is 4.79 Å². The Hall–Kier alpha value is -0.730. The predicted molar refractivity (Wildman–Crippen MR) is 42.4 cm³/mol. The van der Waals surface area contributed by atoms with E-state index in [0.717, 1.165) is 13.0 Å². The molecule has 1 saturated heterocycles. The van der Waals surface area contributed by atoms with Crippen LogP contribution in [0.3, 0.4) is 0 Å². The molecule has 0 aromatic heterocycles. The third-order valence-corrected chi connectivity index (χ3v) is 2.19. The first-order valence-corrected chi connectivity index (χ1v) is 3.99. The Bertz CT molecular complexity index is 158. The lowest BCUT2D eigenvalue weighted by molar-refractivity contribution is 0.121. The van der Waals surface area contributed by atoms with Crippen molar-refractivity contribution in [2.45, 2.75) is 26.3 Å².